The zero-order valence-corrected chi connectivity index (χ0v) is 17.8. The molecule has 0 aliphatic heterocycles. The first-order valence-electron chi connectivity index (χ1n) is 9.17. The van der Waals surface area contributed by atoms with Crippen LogP contribution in [0.5, 0.6) is 0 Å². The fraction of sp³-hybridized carbons (Fsp3) is 0.0952. The van der Waals surface area contributed by atoms with E-state index in [-0.39, 0.29) is 10.6 Å². The minimum atomic E-state index is -4.45. The number of carbonyl (C=O) groups excluding carboxylic acids is 1. The van der Waals surface area contributed by atoms with Crippen LogP contribution in [0, 0.1) is 34.1 Å². The van der Waals surface area contributed by atoms with Gasteiger partial charge in [-0.1, -0.05) is 35.4 Å². The lowest BCUT2D eigenvalue weighted by molar-refractivity contribution is -0.394. The Hall–Kier alpha value is -4.12. The van der Waals surface area contributed by atoms with Crippen molar-refractivity contribution in [3.05, 3.63) is 104 Å². The molecule has 164 valence electrons. The number of anilines is 1. The minimum Gasteiger partial charge on any atom is -0.268 e. The number of hydrogen-bond acceptors (Lipinski definition) is 7. The summed E-state index contributed by atoms with van der Waals surface area (Å²) in [5.41, 5.74) is -0.345. The number of carbonyl (C=O) groups is 1. The molecule has 0 N–H and O–H groups in total. The number of non-ortho nitro benzene ring substituents is 2. The van der Waals surface area contributed by atoms with Gasteiger partial charge in [-0.25, -0.2) is 8.42 Å². The van der Waals surface area contributed by atoms with E-state index < -0.39 is 42.7 Å². The van der Waals surface area contributed by atoms with Crippen molar-refractivity contribution < 1.29 is 23.1 Å². The number of nitrogens with zero attached hydrogens (tertiary/aromatic N) is 3. The molecule has 0 atom stereocenters. The first-order valence-corrected chi connectivity index (χ1v) is 10.6. The van der Waals surface area contributed by atoms with Crippen LogP contribution in [0.1, 0.15) is 21.5 Å². The van der Waals surface area contributed by atoms with E-state index in [4.69, 9.17) is 0 Å². The molecule has 0 saturated heterocycles. The van der Waals surface area contributed by atoms with Crippen molar-refractivity contribution in [2.24, 2.45) is 0 Å². The number of sulfonamides is 1. The number of nitro benzene ring substituents is 2. The summed E-state index contributed by atoms with van der Waals surface area (Å²) in [6, 6.07) is 14.1. The highest BCUT2D eigenvalue weighted by molar-refractivity contribution is 7.93. The van der Waals surface area contributed by atoms with E-state index in [1.54, 1.807) is 38.1 Å². The average molecular weight is 455 g/mol. The fourth-order valence-corrected chi connectivity index (χ4v) is 4.32. The van der Waals surface area contributed by atoms with Crippen LogP contribution in [-0.2, 0) is 10.0 Å². The Morgan fingerprint density at radius 1 is 0.781 bits per heavy atom. The summed E-state index contributed by atoms with van der Waals surface area (Å²) in [4.78, 5) is 33.8. The van der Waals surface area contributed by atoms with Gasteiger partial charge in [0.25, 0.3) is 27.3 Å². The van der Waals surface area contributed by atoms with Gasteiger partial charge in [0.1, 0.15) is 0 Å². The maximum absolute atomic E-state index is 13.4. The van der Waals surface area contributed by atoms with Crippen molar-refractivity contribution in [1.29, 1.82) is 0 Å². The normalized spacial score (nSPS) is 11.1. The third-order valence-electron chi connectivity index (χ3n) is 4.58. The zero-order chi connectivity index (χ0) is 23.6. The number of rotatable bonds is 6. The number of hydrogen-bond donors (Lipinski definition) is 0. The van der Waals surface area contributed by atoms with Gasteiger partial charge in [0.2, 0.25) is 0 Å². The van der Waals surface area contributed by atoms with Crippen molar-refractivity contribution in [3.63, 3.8) is 0 Å². The molecular weight excluding hydrogens is 438 g/mol. The molecule has 3 aromatic carbocycles. The predicted molar refractivity (Wildman–Crippen MR) is 116 cm³/mol. The zero-order valence-electron chi connectivity index (χ0n) is 17.0. The van der Waals surface area contributed by atoms with Crippen LogP contribution in [0.2, 0.25) is 0 Å². The number of amides is 1. The maximum atomic E-state index is 13.4. The topological polar surface area (TPSA) is 141 Å². The summed E-state index contributed by atoms with van der Waals surface area (Å²) in [5.74, 6) is -1.17. The number of aryl methyl sites for hydroxylation is 2. The van der Waals surface area contributed by atoms with Gasteiger partial charge in [-0.3, -0.25) is 25.0 Å². The lowest BCUT2D eigenvalue weighted by atomic mass is 10.1. The summed E-state index contributed by atoms with van der Waals surface area (Å²) >= 11 is 0. The Bertz CT molecular complexity index is 1290. The highest BCUT2D eigenvalue weighted by atomic mass is 32.2. The van der Waals surface area contributed by atoms with Gasteiger partial charge >= 0.3 is 0 Å². The van der Waals surface area contributed by atoms with E-state index >= 15 is 0 Å². The maximum Gasteiger partial charge on any atom is 0.277 e. The molecule has 3 rings (SSSR count). The number of nitro groups is 2. The molecule has 11 heteroatoms. The molecule has 0 aromatic heterocycles. The van der Waals surface area contributed by atoms with Crippen LogP contribution in [0.15, 0.2) is 71.6 Å². The van der Waals surface area contributed by atoms with E-state index in [0.717, 1.165) is 23.3 Å². The minimum absolute atomic E-state index is 0.0182. The quantitative estimate of drug-likeness (QED) is 0.401. The van der Waals surface area contributed by atoms with Crippen LogP contribution in [0.25, 0.3) is 0 Å². The molecule has 0 aliphatic rings. The largest absolute Gasteiger partial charge is 0.277 e. The molecule has 32 heavy (non-hydrogen) atoms. The molecule has 0 bridgehead atoms. The molecule has 0 aliphatic carbocycles. The van der Waals surface area contributed by atoms with Crippen molar-refractivity contribution in [3.8, 4) is 0 Å². The van der Waals surface area contributed by atoms with Crippen LogP contribution >= 0.6 is 0 Å². The van der Waals surface area contributed by atoms with Gasteiger partial charge in [0.15, 0.2) is 0 Å². The Balaban J connectivity index is 2.23. The molecule has 0 fully saturated rings. The second kappa shape index (κ2) is 8.55. The van der Waals surface area contributed by atoms with Crippen molar-refractivity contribution in [2.75, 3.05) is 4.31 Å². The fourth-order valence-electron chi connectivity index (χ4n) is 2.91. The van der Waals surface area contributed by atoms with E-state index in [2.05, 4.69) is 0 Å². The average Bonchev–Trinajstić information content (AvgIpc) is 2.75. The Labute approximate surface area is 183 Å². The third kappa shape index (κ3) is 4.47. The van der Waals surface area contributed by atoms with Gasteiger partial charge in [-0.05, 0) is 38.1 Å². The summed E-state index contributed by atoms with van der Waals surface area (Å²) in [5, 5.41) is 22.4. The van der Waals surface area contributed by atoms with Gasteiger partial charge in [-0.15, -0.1) is 0 Å². The highest BCUT2D eigenvalue weighted by Gasteiger charge is 2.33. The SMILES string of the molecule is Cc1ccc(N(C(=O)c2cc([N+](=O)[O-])cc([N+](=O)[O-])c2)S(=O)(=O)c2ccc(C)cc2)cc1. The summed E-state index contributed by atoms with van der Waals surface area (Å²) < 4.78 is 27.3. The molecule has 0 radical (unpaired) electrons. The molecule has 0 unspecified atom stereocenters. The standard InChI is InChI=1S/C21H17N3O7S/c1-14-3-7-17(8-4-14)22(32(30,31)20-9-5-15(2)6-10-20)21(25)16-11-18(23(26)27)13-19(12-16)24(28)29/h3-13H,1-2H3. The second-order valence-electron chi connectivity index (χ2n) is 6.98. The molecule has 0 saturated carbocycles. The Morgan fingerprint density at radius 2 is 1.22 bits per heavy atom. The molecule has 0 spiro atoms. The molecule has 1 amide bonds. The lowest BCUT2D eigenvalue weighted by Crippen LogP contribution is -2.37. The Morgan fingerprint density at radius 3 is 1.66 bits per heavy atom. The Kier molecular flexibility index (Phi) is 6.03. The lowest BCUT2D eigenvalue weighted by Gasteiger charge is -2.23. The van der Waals surface area contributed by atoms with E-state index in [0.29, 0.717) is 10.4 Å². The van der Waals surface area contributed by atoms with Crippen molar-refractivity contribution >= 4 is 33.0 Å². The van der Waals surface area contributed by atoms with Gasteiger partial charge in [0.05, 0.1) is 32.1 Å². The van der Waals surface area contributed by atoms with E-state index in [9.17, 15) is 33.4 Å². The second-order valence-corrected chi connectivity index (χ2v) is 8.76. The van der Waals surface area contributed by atoms with Crippen molar-refractivity contribution in [2.45, 2.75) is 18.7 Å². The van der Waals surface area contributed by atoms with E-state index in [1.165, 1.54) is 24.3 Å². The molecule has 3 aromatic rings. The summed E-state index contributed by atoms with van der Waals surface area (Å²) in [7, 11) is -4.45. The predicted octanol–water partition coefficient (Wildman–Crippen LogP) is 4.16. The molecule has 10 nitrogen and oxygen atoms in total. The summed E-state index contributed by atoms with van der Waals surface area (Å²) in [6.07, 6.45) is 0. The van der Waals surface area contributed by atoms with Crippen LogP contribution in [0.4, 0.5) is 17.1 Å². The smallest absolute Gasteiger partial charge is 0.268 e. The first-order chi connectivity index (χ1) is 15.0. The first kappa shape index (κ1) is 22.6. The van der Waals surface area contributed by atoms with E-state index in [1.807, 2.05) is 0 Å². The van der Waals surface area contributed by atoms with Gasteiger partial charge < -0.3 is 0 Å². The number of benzene rings is 3. The van der Waals surface area contributed by atoms with Crippen LogP contribution in [0.3, 0.4) is 0 Å². The van der Waals surface area contributed by atoms with Gasteiger partial charge in [-0.2, -0.15) is 4.31 Å². The van der Waals surface area contributed by atoms with Gasteiger partial charge in [0, 0.05) is 12.1 Å². The van der Waals surface area contributed by atoms with Crippen LogP contribution in [-0.4, -0.2) is 24.2 Å². The monoisotopic (exact) mass is 455 g/mol. The van der Waals surface area contributed by atoms with Crippen molar-refractivity contribution in [1.82, 2.24) is 0 Å². The molecule has 0 heterocycles. The molecular formula is C21H17N3O7S. The summed E-state index contributed by atoms with van der Waals surface area (Å²) in [6.45, 7) is 3.54. The van der Waals surface area contributed by atoms with Crippen LogP contribution < -0.4 is 4.31 Å². The highest BCUT2D eigenvalue weighted by Crippen LogP contribution is 2.29. The third-order valence-corrected chi connectivity index (χ3v) is 6.31.